The highest BCUT2D eigenvalue weighted by Crippen LogP contribution is 2.30. The summed E-state index contributed by atoms with van der Waals surface area (Å²) in [5.74, 6) is -1.50. The monoisotopic (exact) mass is 600 g/mol. The number of rotatable bonds is 13. The molecule has 13 heteroatoms. The smallest absolute Gasteiger partial charge is 0.325 e. The molecular formula is C29H40N6O6S. The van der Waals surface area contributed by atoms with Crippen molar-refractivity contribution < 1.29 is 27.5 Å². The lowest BCUT2D eigenvalue weighted by molar-refractivity contribution is -0.149. The van der Waals surface area contributed by atoms with Gasteiger partial charge in [0.1, 0.15) is 12.6 Å². The zero-order valence-electron chi connectivity index (χ0n) is 23.9. The third kappa shape index (κ3) is 8.65. The molecule has 1 aliphatic carbocycles. The van der Waals surface area contributed by atoms with Crippen LogP contribution in [-0.2, 0) is 29.1 Å². The Morgan fingerprint density at radius 2 is 1.86 bits per heavy atom. The zero-order chi connectivity index (χ0) is 30.3. The Labute approximate surface area is 246 Å². The summed E-state index contributed by atoms with van der Waals surface area (Å²) in [4.78, 5) is 42.2. The summed E-state index contributed by atoms with van der Waals surface area (Å²) in [5, 5.41) is 12.1. The molecule has 0 unspecified atom stereocenters. The van der Waals surface area contributed by atoms with Crippen molar-refractivity contribution in [2.24, 2.45) is 17.6 Å². The Morgan fingerprint density at radius 1 is 1.12 bits per heavy atom. The summed E-state index contributed by atoms with van der Waals surface area (Å²) < 4.78 is 34.5. The highest BCUT2D eigenvalue weighted by molar-refractivity contribution is 7.89. The van der Waals surface area contributed by atoms with Crippen LogP contribution in [-0.4, -0.2) is 87.3 Å². The van der Waals surface area contributed by atoms with Crippen LogP contribution in [0.3, 0.4) is 0 Å². The van der Waals surface area contributed by atoms with E-state index in [9.17, 15) is 22.8 Å². The van der Waals surface area contributed by atoms with E-state index < -0.39 is 40.3 Å². The first-order valence-corrected chi connectivity index (χ1v) is 15.8. The number of nitrogens with one attached hydrogen (secondary N) is 3. The third-order valence-electron chi connectivity index (χ3n) is 7.58. The van der Waals surface area contributed by atoms with E-state index in [-0.39, 0.29) is 42.4 Å². The first-order chi connectivity index (χ1) is 20.1. The van der Waals surface area contributed by atoms with E-state index in [1.54, 1.807) is 30.0 Å². The number of fused-ring (bicyclic) bond motifs is 1. The largest absolute Gasteiger partial charge is 0.465 e. The molecule has 0 aromatic heterocycles. The molecule has 1 aliphatic heterocycles. The first kappa shape index (κ1) is 31.2. The molecule has 1 saturated heterocycles. The minimum atomic E-state index is -4.22. The molecule has 1 saturated carbocycles. The minimum Gasteiger partial charge on any atom is -0.465 e. The molecular weight excluding hydrogens is 560 g/mol. The van der Waals surface area contributed by atoms with Gasteiger partial charge in [-0.05, 0) is 67.3 Å². The predicted octanol–water partition coefficient (Wildman–Crippen LogP) is 1.40. The van der Waals surface area contributed by atoms with Crippen LogP contribution < -0.4 is 15.8 Å². The minimum absolute atomic E-state index is 0.0165. The fourth-order valence-corrected chi connectivity index (χ4v) is 6.39. The van der Waals surface area contributed by atoms with E-state index in [1.807, 2.05) is 12.1 Å². The summed E-state index contributed by atoms with van der Waals surface area (Å²) >= 11 is 0. The van der Waals surface area contributed by atoms with Crippen molar-refractivity contribution in [2.75, 3.05) is 39.3 Å². The number of ether oxygens (including phenoxy) is 1. The maximum atomic E-state index is 13.8. The number of benzene rings is 2. The van der Waals surface area contributed by atoms with E-state index in [0.717, 1.165) is 31.1 Å². The van der Waals surface area contributed by atoms with Gasteiger partial charge in [0, 0.05) is 26.2 Å². The standard InChI is InChI=1S/C29H40N6O6S/c1-2-41-27(37)19-35(17-20-9-10-20)28(38)25(15-26(36)32-16-21-6-5-13-34(18-21)29(30)31)33-42(39,40)24-12-11-22-7-3-4-8-23(22)14-24/h3-4,7-8,11-12,14,20-21,25,33H,2,5-6,9-10,13,15-19H2,1H3,(H3,30,31)(H,32,36)/t21-,25-/m0/s1. The highest BCUT2D eigenvalue weighted by Gasteiger charge is 2.35. The quantitative estimate of drug-likeness (QED) is 0.152. The maximum Gasteiger partial charge on any atom is 0.325 e. The number of sulfonamides is 1. The number of carbonyl (C=O) groups excluding carboxylic acids is 3. The van der Waals surface area contributed by atoms with Crippen LogP contribution in [0.15, 0.2) is 47.4 Å². The molecule has 4 rings (SSSR count). The average Bonchev–Trinajstić information content (AvgIpc) is 3.79. The number of nitrogens with zero attached hydrogens (tertiary/aromatic N) is 2. The Morgan fingerprint density at radius 3 is 2.55 bits per heavy atom. The van der Waals surface area contributed by atoms with Crippen LogP contribution in [0.2, 0.25) is 0 Å². The zero-order valence-corrected chi connectivity index (χ0v) is 24.7. The normalized spacial score (nSPS) is 17.8. The van der Waals surface area contributed by atoms with Crippen LogP contribution in [0.1, 0.15) is 39.0 Å². The van der Waals surface area contributed by atoms with Crippen molar-refractivity contribution in [2.45, 2.75) is 50.0 Å². The molecule has 0 bridgehead atoms. The van der Waals surface area contributed by atoms with Gasteiger partial charge in [0.15, 0.2) is 5.96 Å². The molecule has 2 aliphatic rings. The van der Waals surface area contributed by atoms with Gasteiger partial charge in [-0.25, -0.2) is 8.42 Å². The van der Waals surface area contributed by atoms with Gasteiger partial charge in [0.25, 0.3) is 0 Å². The summed E-state index contributed by atoms with van der Waals surface area (Å²) in [5.41, 5.74) is 5.62. The molecule has 2 amide bonds. The van der Waals surface area contributed by atoms with Gasteiger partial charge >= 0.3 is 5.97 Å². The molecule has 2 fully saturated rings. The van der Waals surface area contributed by atoms with Gasteiger partial charge in [-0.2, -0.15) is 4.72 Å². The molecule has 1 heterocycles. The fraction of sp³-hybridized carbons (Fsp3) is 0.517. The molecule has 5 N–H and O–H groups in total. The topological polar surface area (TPSA) is 175 Å². The van der Waals surface area contributed by atoms with Crippen LogP contribution in [0.5, 0.6) is 0 Å². The SMILES string of the molecule is CCOC(=O)CN(CC1CC1)C(=O)[C@H](CC(=O)NC[C@@H]1CCCN(C(=N)N)C1)NS(=O)(=O)c1ccc2ccccc2c1. The number of nitrogens with two attached hydrogens (primary N) is 1. The van der Waals surface area contributed by atoms with E-state index in [2.05, 4.69) is 10.0 Å². The lowest BCUT2D eigenvalue weighted by Crippen LogP contribution is -2.52. The average molecular weight is 601 g/mol. The van der Waals surface area contributed by atoms with Crippen molar-refractivity contribution in [1.82, 2.24) is 19.8 Å². The van der Waals surface area contributed by atoms with Crippen LogP contribution in [0.4, 0.5) is 0 Å². The third-order valence-corrected chi connectivity index (χ3v) is 9.05. The van der Waals surface area contributed by atoms with E-state index >= 15 is 0 Å². The van der Waals surface area contributed by atoms with Crippen molar-refractivity contribution in [3.8, 4) is 0 Å². The van der Waals surface area contributed by atoms with Gasteiger partial charge in [-0.3, -0.25) is 19.8 Å². The lowest BCUT2D eigenvalue weighted by Gasteiger charge is -2.33. The number of piperidine rings is 1. The van der Waals surface area contributed by atoms with Crippen molar-refractivity contribution in [1.29, 1.82) is 5.41 Å². The second-order valence-corrected chi connectivity index (χ2v) is 12.7. The number of carbonyl (C=O) groups is 3. The Kier molecular flexibility index (Phi) is 10.4. The van der Waals surface area contributed by atoms with Gasteiger partial charge in [0.2, 0.25) is 21.8 Å². The van der Waals surface area contributed by atoms with Crippen molar-refractivity contribution in [3.63, 3.8) is 0 Å². The second-order valence-electron chi connectivity index (χ2n) is 11.0. The van der Waals surface area contributed by atoms with Gasteiger partial charge in [-0.1, -0.05) is 30.3 Å². The summed E-state index contributed by atoms with van der Waals surface area (Å²) in [7, 11) is -4.22. The number of amides is 2. The molecule has 0 spiro atoms. The number of guanidine groups is 1. The number of likely N-dealkylation sites (tertiary alicyclic amines) is 1. The highest BCUT2D eigenvalue weighted by atomic mass is 32.2. The van der Waals surface area contributed by atoms with Crippen LogP contribution in [0.25, 0.3) is 10.8 Å². The molecule has 0 radical (unpaired) electrons. The fourth-order valence-electron chi connectivity index (χ4n) is 5.16. The summed E-state index contributed by atoms with van der Waals surface area (Å²) in [6, 6.07) is 10.5. The Balaban J connectivity index is 1.52. The molecule has 12 nitrogen and oxygen atoms in total. The molecule has 2 atom stereocenters. The van der Waals surface area contributed by atoms with Gasteiger partial charge in [0.05, 0.1) is 17.9 Å². The Bertz CT molecular complexity index is 1410. The van der Waals surface area contributed by atoms with E-state index in [4.69, 9.17) is 15.9 Å². The predicted molar refractivity (Wildman–Crippen MR) is 158 cm³/mol. The molecule has 228 valence electrons. The number of esters is 1. The lowest BCUT2D eigenvalue weighted by atomic mass is 9.98. The molecule has 2 aromatic carbocycles. The van der Waals surface area contributed by atoms with Gasteiger partial charge in [-0.15, -0.1) is 0 Å². The van der Waals surface area contributed by atoms with Crippen LogP contribution >= 0.6 is 0 Å². The summed E-state index contributed by atoms with van der Waals surface area (Å²) in [6.07, 6.45) is 3.03. The van der Waals surface area contributed by atoms with Crippen LogP contribution in [0, 0.1) is 17.2 Å². The molecule has 42 heavy (non-hydrogen) atoms. The number of hydrogen-bond donors (Lipinski definition) is 4. The van der Waals surface area contributed by atoms with Crippen molar-refractivity contribution in [3.05, 3.63) is 42.5 Å². The number of hydrogen-bond acceptors (Lipinski definition) is 7. The maximum absolute atomic E-state index is 13.8. The van der Waals surface area contributed by atoms with E-state index in [0.29, 0.717) is 25.0 Å². The Hall–Kier alpha value is -3.71. The second kappa shape index (κ2) is 14.0. The molecule has 2 aromatic rings. The van der Waals surface area contributed by atoms with Gasteiger partial charge < -0.3 is 25.6 Å². The first-order valence-electron chi connectivity index (χ1n) is 14.4. The van der Waals surface area contributed by atoms with E-state index in [1.165, 1.54) is 17.0 Å². The van der Waals surface area contributed by atoms with Crippen molar-refractivity contribution >= 4 is 44.5 Å². The summed E-state index contributed by atoms with van der Waals surface area (Å²) in [6.45, 7) is 3.27.